The van der Waals surface area contributed by atoms with Crippen molar-refractivity contribution in [2.24, 2.45) is 0 Å². The third kappa shape index (κ3) is 4.77. The summed E-state index contributed by atoms with van der Waals surface area (Å²) in [6.07, 6.45) is 0. The van der Waals surface area contributed by atoms with E-state index in [0.29, 0.717) is 12.6 Å². The van der Waals surface area contributed by atoms with Crippen molar-refractivity contribution < 1.29 is 4.74 Å². The lowest BCUT2D eigenvalue weighted by Crippen LogP contribution is -2.54. The minimum Gasteiger partial charge on any atom is -0.383 e. The molecule has 0 amide bonds. The molecule has 1 rings (SSSR count). The van der Waals surface area contributed by atoms with Crippen LogP contribution in [0.3, 0.4) is 0 Å². The zero-order valence-corrected chi connectivity index (χ0v) is 12.2. The molecule has 0 aliphatic carbocycles. The van der Waals surface area contributed by atoms with E-state index in [1.807, 2.05) is 0 Å². The van der Waals surface area contributed by atoms with Gasteiger partial charge in [-0.05, 0) is 33.0 Å². The number of methoxy groups -OCH3 is 1. The van der Waals surface area contributed by atoms with Crippen LogP contribution in [0.25, 0.3) is 0 Å². The topological polar surface area (TPSA) is 27.7 Å². The fourth-order valence-corrected chi connectivity index (χ4v) is 2.42. The Labute approximate surface area is 110 Å². The van der Waals surface area contributed by atoms with Gasteiger partial charge in [-0.15, -0.1) is 0 Å². The molecule has 1 N–H and O–H groups in total. The van der Waals surface area contributed by atoms with Crippen LogP contribution in [0.1, 0.15) is 20.8 Å². The van der Waals surface area contributed by atoms with E-state index in [1.165, 1.54) is 0 Å². The van der Waals surface area contributed by atoms with Crippen LogP contribution in [-0.2, 0) is 4.74 Å². The standard InChI is InChI=1S/C12H25N3OS/c1-10(2)14-5-7-15(8-6-14)12(17)13-11(3)9-16-4/h10-11H,5-9H2,1-4H3,(H,13,17). The minimum atomic E-state index is 0.274. The molecule has 0 aromatic heterocycles. The van der Waals surface area contributed by atoms with Crippen LogP contribution in [0.5, 0.6) is 0 Å². The van der Waals surface area contributed by atoms with Crippen molar-refractivity contribution >= 4 is 17.3 Å². The molecule has 1 fully saturated rings. The second-order valence-electron chi connectivity index (χ2n) is 4.92. The Kier molecular flexibility index (Phi) is 6.16. The van der Waals surface area contributed by atoms with Gasteiger partial charge in [-0.2, -0.15) is 0 Å². The van der Waals surface area contributed by atoms with Crippen LogP contribution < -0.4 is 5.32 Å². The highest BCUT2D eigenvalue weighted by molar-refractivity contribution is 7.80. The van der Waals surface area contributed by atoms with E-state index < -0.39 is 0 Å². The summed E-state index contributed by atoms with van der Waals surface area (Å²) in [6.45, 7) is 11.5. The highest BCUT2D eigenvalue weighted by Gasteiger charge is 2.20. The van der Waals surface area contributed by atoms with Gasteiger partial charge in [-0.1, -0.05) is 0 Å². The van der Waals surface area contributed by atoms with Gasteiger partial charge >= 0.3 is 0 Å². The average Bonchev–Trinajstić information content (AvgIpc) is 2.29. The summed E-state index contributed by atoms with van der Waals surface area (Å²) < 4.78 is 5.09. The van der Waals surface area contributed by atoms with Crippen molar-refractivity contribution in [1.29, 1.82) is 0 Å². The first kappa shape index (κ1) is 14.7. The molecular weight excluding hydrogens is 234 g/mol. The molecule has 0 spiro atoms. The van der Waals surface area contributed by atoms with Crippen molar-refractivity contribution in [3.8, 4) is 0 Å². The number of hydrogen-bond donors (Lipinski definition) is 1. The first-order valence-corrected chi connectivity index (χ1v) is 6.73. The summed E-state index contributed by atoms with van der Waals surface area (Å²) in [5.41, 5.74) is 0. The molecule has 1 unspecified atom stereocenters. The van der Waals surface area contributed by atoms with Gasteiger partial charge in [0.05, 0.1) is 6.61 Å². The summed E-state index contributed by atoms with van der Waals surface area (Å²) in [5.74, 6) is 0. The second-order valence-corrected chi connectivity index (χ2v) is 5.31. The maximum absolute atomic E-state index is 5.41. The van der Waals surface area contributed by atoms with E-state index in [-0.39, 0.29) is 6.04 Å². The number of piperazine rings is 1. The third-order valence-corrected chi connectivity index (χ3v) is 3.49. The molecule has 1 heterocycles. The number of hydrogen-bond acceptors (Lipinski definition) is 3. The molecule has 0 aromatic carbocycles. The molecule has 17 heavy (non-hydrogen) atoms. The Morgan fingerprint density at radius 2 is 1.82 bits per heavy atom. The zero-order chi connectivity index (χ0) is 12.8. The molecule has 5 heteroatoms. The Balaban J connectivity index is 2.30. The molecule has 1 atom stereocenters. The second kappa shape index (κ2) is 7.13. The van der Waals surface area contributed by atoms with Gasteiger partial charge in [0.25, 0.3) is 0 Å². The first-order chi connectivity index (χ1) is 8.04. The Morgan fingerprint density at radius 3 is 2.29 bits per heavy atom. The van der Waals surface area contributed by atoms with Gasteiger partial charge in [0, 0.05) is 45.4 Å². The summed E-state index contributed by atoms with van der Waals surface area (Å²) >= 11 is 5.41. The summed E-state index contributed by atoms with van der Waals surface area (Å²) in [4.78, 5) is 4.73. The van der Waals surface area contributed by atoms with E-state index in [4.69, 9.17) is 17.0 Å². The SMILES string of the molecule is COCC(C)NC(=S)N1CCN(C(C)C)CC1. The van der Waals surface area contributed by atoms with Crippen LogP contribution in [0, 0.1) is 0 Å². The van der Waals surface area contributed by atoms with Crippen LogP contribution in [0.2, 0.25) is 0 Å². The van der Waals surface area contributed by atoms with E-state index in [2.05, 4.69) is 35.9 Å². The van der Waals surface area contributed by atoms with E-state index in [1.54, 1.807) is 7.11 Å². The predicted octanol–water partition coefficient (Wildman–Crippen LogP) is 0.922. The third-order valence-electron chi connectivity index (χ3n) is 3.12. The molecule has 1 saturated heterocycles. The maximum Gasteiger partial charge on any atom is 0.169 e. The average molecular weight is 259 g/mol. The largest absolute Gasteiger partial charge is 0.383 e. The van der Waals surface area contributed by atoms with Crippen LogP contribution in [0.4, 0.5) is 0 Å². The van der Waals surface area contributed by atoms with Crippen molar-refractivity contribution in [3.05, 3.63) is 0 Å². The lowest BCUT2D eigenvalue weighted by Gasteiger charge is -2.38. The fraction of sp³-hybridized carbons (Fsp3) is 0.917. The number of ether oxygens (including phenoxy) is 1. The molecule has 0 aromatic rings. The smallest absolute Gasteiger partial charge is 0.169 e. The number of thiocarbonyl (C=S) groups is 1. The molecule has 1 aliphatic rings. The van der Waals surface area contributed by atoms with Crippen LogP contribution in [-0.4, -0.2) is 66.9 Å². The first-order valence-electron chi connectivity index (χ1n) is 6.33. The normalized spacial score (nSPS) is 19.5. The molecular formula is C12H25N3OS. The molecule has 100 valence electrons. The number of rotatable bonds is 4. The van der Waals surface area contributed by atoms with Crippen molar-refractivity contribution in [2.45, 2.75) is 32.9 Å². The zero-order valence-electron chi connectivity index (χ0n) is 11.4. The van der Waals surface area contributed by atoms with Gasteiger partial charge in [0.2, 0.25) is 0 Å². The quantitative estimate of drug-likeness (QED) is 0.758. The van der Waals surface area contributed by atoms with Crippen LogP contribution >= 0.6 is 12.2 Å². The van der Waals surface area contributed by atoms with Crippen molar-refractivity contribution in [3.63, 3.8) is 0 Å². The number of nitrogens with one attached hydrogen (secondary N) is 1. The Hall–Kier alpha value is -0.390. The summed E-state index contributed by atoms with van der Waals surface area (Å²) in [6, 6.07) is 0.904. The molecule has 0 radical (unpaired) electrons. The lowest BCUT2D eigenvalue weighted by molar-refractivity contribution is 0.144. The molecule has 4 nitrogen and oxygen atoms in total. The van der Waals surface area contributed by atoms with Gasteiger partial charge in [0.1, 0.15) is 0 Å². The molecule has 0 saturated carbocycles. The fourth-order valence-electron chi connectivity index (χ4n) is 2.04. The summed E-state index contributed by atoms with van der Waals surface area (Å²) in [7, 11) is 1.71. The van der Waals surface area contributed by atoms with Gasteiger partial charge in [-0.3, -0.25) is 4.90 Å². The Bertz CT molecular complexity index is 240. The number of nitrogens with zero attached hydrogens (tertiary/aromatic N) is 2. The predicted molar refractivity (Wildman–Crippen MR) is 75.4 cm³/mol. The maximum atomic E-state index is 5.41. The highest BCUT2D eigenvalue weighted by atomic mass is 32.1. The van der Waals surface area contributed by atoms with Gasteiger partial charge < -0.3 is 15.0 Å². The molecule has 1 aliphatic heterocycles. The van der Waals surface area contributed by atoms with E-state index in [0.717, 1.165) is 31.3 Å². The Morgan fingerprint density at radius 1 is 1.24 bits per heavy atom. The van der Waals surface area contributed by atoms with Gasteiger partial charge in [-0.25, -0.2) is 0 Å². The van der Waals surface area contributed by atoms with Crippen molar-refractivity contribution in [1.82, 2.24) is 15.1 Å². The van der Waals surface area contributed by atoms with Crippen LogP contribution in [0.15, 0.2) is 0 Å². The highest BCUT2D eigenvalue weighted by Crippen LogP contribution is 2.06. The van der Waals surface area contributed by atoms with E-state index >= 15 is 0 Å². The minimum absolute atomic E-state index is 0.274. The van der Waals surface area contributed by atoms with E-state index in [9.17, 15) is 0 Å². The van der Waals surface area contributed by atoms with Gasteiger partial charge in [0.15, 0.2) is 5.11 Å². The summed E-state index contributed by atoms with van der Waals surface area (Å²) in [5, 5.41) is 4.17. The van der Waals surface area contributed by atoms with Crippen molar-refractivity contribution in [2.75, 3.05) is 39.9 Å². The molecule has 0 bridgehead atoms. The lowest BCUT2D eigenvalue weighted by atomic mass is 10.2. The monoisotopic (exact) mass is 259 g/mol.